The van der Waals surface area contributed by atoms with Gasteiger partial charge in [0.2, 0.25) is 5.88 Å². The summed E-state index contributed by atoms with van der Waals surface area (Å²) in [6.45, 7) is 5.89. The van der Waals surface area contributed by atoms with Crippen LogP contribution in [0.25, 0.3) is 0 Å². The van der Waals surface area contributed by atoms with Gasteiger partial charge in [-0.15, -0.1) is 10.2 Å². The zero-order valence-corrected chi connectivity index (χ0v) is 14.1. The highest BCUT2D eigenvalue weighted by molar-refractivity contribution is 9.10. The third-order valence-corrected chi connectivity index (χ3v) is 3.73. The van der Waals surface area contributed by atoms with Crippen LogP contribution in [0.4, 0.5) is 0 Å². The fraction of sp³-hybridized carbons (Fsp3) is 0.500. The van der Waals surface area contributed by atoms with Crippen molar-refractivity contribution in [3.8, 4) is 5.88 Å². The number of nitrogens with one attached hydrogen (secondary N) is 1. The molecule has 0 spiro atoms. The van der Waals surface area contributed by atoms with Crippen molar-refractivity contribution in [3.05, 3.63) is 34.2 Å². The van der Waals surface area contributed by atoms with E-state index in [0.717, 1.165) is 35.4 Å². The normalized spacial score (nSPS) is 12.4. The van der Waals surface area contributed by atoms with Gasteiger partial charge in [-0.2, -0.15) is 5.10 Å². The molecule has 1 N–H and O–H groups in total. The van der Waals surface area contributed by atoms with Crippen LogP contribution in [0.15, 0.2) is 22.8 Å². The quantitative estimate of drug-likeness (QED) is 0.828. The molecule has 21 heavy (non-hydrogen) atoms. The summed E-state index contributed by atoms with van der Waals surface area (Å²) < 4.78 is 8.04. The minimum Gasteiger partial charge on any atom is -0.480 e. The predicted octanol–water partition coefficient (Wildman–Crippen LogP) is 2.55. The fourth-order valence-corrected chi connectivity index (χ4v) is 2.71. The number of rotatable bonds is 7. The van der Waals surface area contributed by atoms with Gasteiger partial charge in [0.15, 0.2) is 0 Å². The van der Waals surface area contributed by atoms with Crippen molar-refractivity contribution >= 4 is 15.9 Å². The lowest BCUT2D eigenvalue weighted by molar-refractivity contribution is 0.389. The van der Waals surface area contributed by atoms with E-state index in [9.17, 15) is 0 Å². The Bertz CT molecular complexity index is 569. The van der Waals surface area contributed by atoms with E-state index in [2.05, 4.69) is 50.4 Å². The minimum atomic E-state index is -0.0585. The van der Waals surface area contributed by atoms with Crippen LogP contribution in [-0.2, 0) is 6.54 Å². The van der Waals surface area contributed by atoms with Crippen LogP contribution in [0.1, 0.15) is 37.7 Å². The molecular weight excluding hydrogens is 334 g/mol. The summed E-state index contributed by atoms with van der Waals surface area (Å²) in [5.41, 5.74) is 1.91. The Hall–Kier alpha value is -1.47. The number of methoxy groups -OCH3 is 1. The number of hydrogen-bond donors (Lipinski definition) is 1. The molecule has 1 atom stereocenters. The number of ether oxygens (including phenoxy) is 1. The SMILES string of the molecule is CCCn1ncc(Br)c1C(NCC)c1ccc(OC)nn1. The molecule has 0 saturated carbocycles. The molecule has 0 amide bonds. The molecule has 0 bridgehead atoms. The molecule has 0 saturated heterocycles. The first-order valence-electron chi connectivity index (χ1n) is 7.03. The van der Waals surface area contributed by atoms with Crippen molar-refractivity contribution in [1.29, 1.82) is 0 Å². The number of hydrogen-bond acceptors (Lipinski definition) is 5. The summed E-state index contributed by atoms with van der Waals surface area (Å²) in [4.78, 5) is 0. The van der Waals surface area contributed by atoms with Crippen LogP contribution in [0.3, 0.4) is 0 Å². The third-order valence-electron chi connectivity index (χ3n) is 3.12. The lowest BCUT2D eigenvalue weighted by Crippen LogP contribution is -2.26. The second kappa shape index (κ2) is 7.51. The highest BCUT2D eigenvalue weighted by Gasteiger charge is 2.22. The Labute approximate surface area is 133 Å². The van der Waals surface area contributed by atoms with Crippen LogP contribution in [0.2, 0.25) is 0 Å². The number of nitrogens with zero attached hydrogens (tertiary/aromatic N) is 4. The largest absolute Gasteiger partial charge is 0.480 e. The molecule has 0 aliphatic heterocycles. The molecule has 6 nitrogen and oxygen atoms in total. The molecule has 2 rings (SSSR count). The number of aromatic nitrogens is 4. The molecule has 1 unspecified atom stereocenters. The summed E-state index contributed by atoms with van der Waals surface area (Å²) in [7, 11) is 1.58. The Morgan fingerprint density at radius 3 is 2.71 bits per heavy atom. The molecule has 2 heterocycles. The van der Waals surface area contributed by atoms with E-state index >= 15 is 0 Å². The maximum atomic E-state index is 5.06. The summed E-state index contributed by atoms with van der Waals surface area (Å²) >= 11 is 3.59. The van der Waals surface area contributed by atoms with Crippen LogP contribution in [0.5, 0.6) is 5.88 Å². The van der Waals surface area contributed by atoms with Crippen LogP contribution >= 0.6 is 15.9 Å². The summed E-state index contributed by atoms with van der Waals surface area (Å²) in [6, 6.07) is 3.69. The van der Waals surface area contributed by atoms with Gasteiger partial charge < -0.3 is 10.1 Å². The van der Waals surface area contributed by atoms with Gasteiger partial charge in [0.1, 0.15) is 0 Å². The molecule has 0 aromatic carbocycles. The monoisotopic (exact) mass is 353 g/mol. The standard InChI is InChI=1S/C14H20BrN5O/c1-4-8-20-14(10(15)9-17-20)13(16-5-2)11-6-7-12(21-3)19-18-11/h6-7,9,13,16H,4-5,8H2,1-3H3. The van der Waals surface area contributed by atoms with Gasteiger partial charge in [-0.3, -0.25) is 4.68 Å². The Kier molecular flexibility index (Phi) is 5.69. The van der Waals surface area contributed by atoms with E-state index in [-0.39, 0.29) is 6.04 Å². The Balaban J connectivity index is 2.40. The van der Waals surface area contributed by atoms with Gasteiger partial charge >= 0.3 is 0 Å². The molecule has 2 aromatic heterocycles. The summed E-state index contributed by atoms with van der Waals surface area (Å²) in [5, 5.41) is 16.2. The summed E-state index contributed by atoms with van der Waals surface area (Å²) in [6.07, 6.45) is 2.85. The third kappa shape index (κ3) is 3.59. The topological polar surface area (TPSA) is 64.9 Å². The molecule has 0 fully saturated rings. The highest BCUT2D eigenvalue weighted by Crippen LogP contribution is 2.28. The van der Waals surface area contributed by atoms with E-state index in [1.54, 1.807) is 7.11 Å². The van der Waals surface area contributed by atoms with E-state index in [1.165, 1.54) is 0 Å². The van der Waals surface area contributed by atoms with E-state index in [4.69, 9.17) is 4.74 Å². The zero-order chi connectivity index (χ0) is 15.2. The second-order valence-electron chi connectivity index (χ2n) is 4.59. The van der Waals surface area contributed by atoms with Gasteiger partial charge in [0, 0.05) is 12.6 Å². The molecular formula is C14H20BrN5O. The van der Waals surface area contributed by atoms with Gasteiger partial charge in [0.25, 0.3) is 0 Å². The van der Waals surface area contributed by atoms with Crippen LogP contribution < -0.4 is 10.1 Å². The van der Waals surface area contributed by atoms with Gasteiger partial charge in [-0.1, -0.05) is 13.8 Å². The molecule has 2 aromatic rings. The molecule has 114 valence electrons. The maximum Gasteiger partial charge on any atom is 0.233 e. The van der Waals surface area contributed by atoms with Crippen molar-refractivity contribution in [2.24, 2.45) is 0 Å². The highest BCUT2D eigenvalue weighted by atomic mass is 79.9. The van der Waals surface area contributed by atoms with Crippen molar-refractivity contribution in [2.45, 2.75) is 32.9 Å². The van der Waals surface area contributed by atoms with E-state index < -0.39 is 0 Å². The van der Waals surface area contributed by atoms with E-state index in [1.807, 2.05) is 23.0 Å². The lowest BCUT2D eigenvalue weighted by Gasteiger charge is -2.19. The lowest BCUT2D eigenvalue weighted by atomic mass is 10.1. The maximum absolute atomic E-state index is 5.06. The first-order chi connectivity index (χ1) is 10.2. The van der Waals surface area contributed by atoms with Gasteiger partial charge in [-0.05, 0) is 35.0 Å². The van der Waals surface area contributed by atoms with Gasteiger partial charge in [-0.25, -0.2) is 0 Å². The first kappa shape index (κ1) is 15.9. The smallest absolute Gasteiger partial charge is 0.233 e. The second-order valence-corrected chi connectivity index (χ2v) is 5.45. The first-order valence-corrected chi connectivity index (χ1v) is 7.82. The molecule has 0 aliphatic rings. The molecule has 0 aliphatic carbocycles. The van der Waals surface area contributed by atoms with E-state index in [0.29, 0.717) is 5.88 Å². The average molecular weight is 354 g/mol. The number of aryl methyl sites for hydroxylation is 1. The minimum absolute atomic E-state index is 0.0585. The fourth-order valence-electron chi connectivity index (χ4n) is 2.19. The zero-order valence-electron chi connectivity index (χ0n) is 12.5. The Morgan fingerprint density at radius 2 is 2.14 bits per heavy atom. The average Bonchev–Trinajstić information content (AvgIpc) is 2.86. The van der Waals surface area contributed by atoms with Crippen LogP contribution in [-0.4, -0.2) is 33.6 Å². The van der Waals surface area contributed by atoms with Crippen molar-refractivity contribution < 1.29 is 4.74 Å². The van der Waals surface area contributed by atoms with Crippen molar-refractivity contribution in [3.63, 3.8) is 0 Å². The summed E-state index contributed by atoms with van der Waals surface area (Å²) in [5.74, 6) is 0.509. The van der Waals surface area contributed by atoms with Crippen LogP contribution in [0, 0.1) is 0 Å². The predicted molar refractivity (Wildman–Crippen MR) is 84.3 cm³/mol. The van der Waals surface area contributed by atoms with Crippen molar-refractivity contribution in [1.82, 2.24) is 25.3 Å². The van der Waals surface area contributed by atoms with Gasteiger partial charge in [0.05, 0.1) is 35.2 Å². The number of halogens is 1. The van der Waals surface area contributed by atoms with Crippen molar-refractivity contribution in [2.75, 3.05) is 13.7 Å². The molecule has 7 heteroatoms. The molecule has 0 radical (unpaired) electrons. The Morgan fingerprint density at radius 1 is 1.33 bits per heavy atom.